The van der Waals surface area contributed by atoms with Gasteiger partial charge in [0.2, 0.25) is 0 Å². The van der Waals surface area contributed by atoms with Gasteiger partial charge in [-0.25, -0.2) is 0 Å². The molecular weight excluding hydrogens is 272 g/mol. The molecule has 0 spiro atoms. The summed E-state index contributed by atoms with van der Waals surface area (Å²) in [6.07, 6.45) is 11.2. The Labute approximate surface area is 135 Å². The van der Waals surface area contributed by atoms with Crippen LogP contribution in [0.25, 0.3) is 0 Å². The van der Waals surface area contributed by atoms with Gasteiger partial charge in [-0.15, -0.1) is 0 Å². The van der Waals surface area contributed by atoms with Crippen molar-refractivity contribution in [3.05, 3.63) is 11.6 Å². The number of hydrogen-bond donors (Lipinski definition) is 2. The first-order valence-electron chi connectivity index (χ1n) is 9.38. The number of hydrogen-bond acceptors (Lipinski definition) is 2. The minimum absolute atomic E-state index is 0.114. The van der Waals surface area contributed by atoms with Crippen LogP contribution < -0.4 is 0 Å². The van der Waals surface area contributed by atoms with Crippen LogP contribution >= 0.6 is 0 Å². The van der Waals surface area contributed by atoms with Crippen molar-refractivity contribution < 1.29 is 10.2 Å². The molecule has 0 aromatic carbocycles. The zero-order valence-corrected chi connectivity index (χ0v) is 14.4. The first kappa shape index (κ1) is 15.2. The molecule has 3 saturated carbocycles. The molecule has 2 heteroatoms. The van der Waals surface area contributed by atoms with Crippen molar-refractivity contribution in [3.8, 4) is 0 Å². The van der Waals surface area contributed by atoms with Gasteiger partial charge in [0.05, 0.1) is 11.7 Å². The van der Waals surface area contributed by atoms with E-state index in [2.05, 4.69) is 26.8 Å². The fourth-order valence-electron chi connectivity index (χ4n) is 6.89. The SMILES string of the molecule is C[C@]12CC[C@H](O)CC1=CC[C@@H]1[C@H]3CC[C@](C)(O)[C@@]3(C)CC[C@@H]12. The maximum absolute atomic E-state index is 10.9. The van der Waals surface area contributed by atoms with E-state index in [0.717, 1.165) is 37.5 Å². The lowest BCUT2D eigenvalue weighted by molar-refractivity contribution is -0.115. The average Bonchev–Trinajstić information content (AvgIpc) is 2.70. The fraction of sp³-hybridized carbons (Fsp3) is 0.900. The van der Waals surface area contributed by atoms with E-state index in [1.165, 1.54) is 25.7 Å². The predicted molar refractivity (Wildman–Crippen MR) is 88.3 cm³/mol. The number of aliphatic hydroxyl groups is 2. The van der Waals surface area contributed by atoms with Crippen LogP contribution in [0.4, 0.5) is 0 Å². The maximum atomic E-state index is 10.9. The summed E-state index contributed by atoms with van der Waals surface area (Å²) in [6, 6.07) is 0. The monoisotopic (exact) mass is 304 g/mol. The Morgan fingerprint density at radius 1 is 1.00 bits per heavy atom. The molecule has 7 atom stereocenters. The molecule has 22 heavy (non-hydrogen) atoms. The molecule has 0 amide bonds. The number of fused-ring (bicyclic) bond motifs is 5. The second kappa shape index (κ2) is 4.60. The van der Waals surface area contributed by atoms with Gasteiger partial charge in [0, 0.05) is 0 Å². The highest BCUT2D eigenvalue weighted by atomic mass is 16.3. The van der Waals surface area contributed by atoms with Gasteiger partial charge in [-0.2, -0.15) is 0 Å². The van der Waals surface area contributed by atoms with Crippen molar-refractivity contribution in [1.82, 2.24) is 0 Å². The third-order valence-corrected chi connectivity index (χ3v) is 8.64. The molecule has 0 saturated heterocycles. The lowest BCUT2D eigenvalue weighted by Gasteiger charge is -2.58. The molecule has 124 valence electrons. The molecule has 0 aliphatic heterocycles. The lowest BCUT2D eigenvalue weighted by Crippen LogP contribution is -2.53. The van der Waals surface area contributed by atoms with Crippen molar-refractivity contribution in [2.45, 2.75) is 83.8 Å². The van der Waals surface area contributed by atoms with Gasteiger partial charge in [0.1, 0.15) is 0 Å². The van der Waals surface area contributed by atoms with Crippen LogP contribution in [0, 0.1) is 28.6 Å². The number of rotatable bonds is 0. The van der Waals surface area contributed by atoms with Crippen LogP contribution in [0.5, 0.6) is 0 Å². The quantitative estimate of drug-likeness (QED) is 0.663. The summed E-state index contributed by atoms with van der Waals surface area (Å²) in [6.45, 7) is 6.90. The molecule has 2 N–H and O–H groups in total. The molecule has 0 heterocycles. The first-order chi connectivity index (χ1) is 10.3. The topological polar surface area (TPSA) is 40.5 Å². The van der Waals surface area contributed by atoms with Gasteiger partial charge in [-0.05, 0) is 86.9 Å². The smallest absolute Gasteiger partial charge is 0.0675 e. The zero-order chi connectivity index (χ0) is 15.8. The van der Waals surface area contributed by atoms with Gasteiger partial charge in [0.25, 0.3) is 0 Å². The Morgan fingerprint density at radius 2 is 1.73 bits per heavy atom. The Morgan fingerprint density at radius 3 is 2.50 bits per heavy atom. The third-order valence-electron chi connectivity index (χ3n) is 8.64. The van der Waals surface area contributed by atoms with E-state index in [0.29, 0.717) is 11.3 Å². The van der Waals surface area contributed by atoms with Gasteiger partial charge in [-0.3, -0.25) is 0 Å². The highest BCUT2D eigenvalue weighted by Crippen LogP contribution is 2.66. The third kappa shape index (κ3) is 1.80. The maximum Gasteiger partial charge on any atom is 0.0675 e. The number of allylic oxidation sites excluding steroid dienone is 1. The van der Waals surface area contributed by atoms with Gasteiger partial charge >= 0.3 is 0 Å². The highest BCUT2D eigenvalue weighted by Gasteiger charge is 2.61. The Balaban J connectivity index is 1.69. The van der Waals surface area contributed by atoms with Gasteiger partial charge < -0.3 is 10.2 Å². The van der Waals surface area contributed by atoms with Crippen molar-refractivity contribution in [3.63, 3.8) is 0 Å². The van der Waals surface area contributed by atoms with E-state index in [4.69, 9.17) is 0 Å². The Hall–Kier alpha value is -0.340. The van der Waals surface area contributed by atoms with Crippen molar-refractivity contribution >= 4 is 0 Å². The van der Waals surface area contributed by atoms with Crippen molar-refractivity contribution in [2.75, 3.05) is 0 Å². The minimum Gasteiger partial charge on any atom is -0.393 e. The zero-order valence-electron chi connectivity index (χ0n) is 14.4. The fourth-order valence-corrected chi connectivity index (χ4v) is 6.89. The largest absolute Gasteiger partial charge is 0.393 e. The van der Waals surface area contributed by atoms with E-state index in [1.54, 1.807) is 5.57 Å². The summed E-state index contributed by atoms with van der Waals surface area (Å²) in [5.41, 5.74) is 1.50. The normalized spacial score (nSPS) is 57.6. The highest BCUT2D eigenvalue weighted by molar-refractivity contribution is 5.26. The summed E-state index contributed by atoms with van der Waals surface area (Å²) in [5, 5.41) is 21.0. The molecule has 0 bridgehead atoms. The average molecular weight is 304 g/mol. The first-order valence-corrected chi connectivity index (χ1v) is 9.38. The molecule has 4 aliphatic rings. The predicted octanol–water partition coefficient (Wildman–Crippen LogP) is 4.06. The molecule has 0 radical (unpaired) electrons. The van der Waals surface area contributed by atoms with E-state index in [1.807, 2.05) is 0 Å². The lowest BCUT2D eigenvalue weighted by atomic mass is 9.47. The van der Waals surface area contributed by atoms with Crippen LogP contribution in [0.15, 0.2) is 11.6 Å². The van der Waals surface area contributed by atoms with Crippen LogP contribution in [-0.2, 0) is 0 Å². The molecule has 4 rings (SSSR count). The molecule has 2 nitrogen and oxygen atoms in total. The molecule has 3 fully saturated rings. The summed E-state index contributed by atoms with van der Waals surface area (Å²) >= 11 is 0. The van der Waals surface area contributed by atoms with Crippen molar-refractivity contribution in [2.24, 2.45) is 28.6 Å². The summed E-state index contributed by atoms with van der Waals surface area (Å²) in [7, 11) is 0. The Kier molecular flexibility index (Phi) is 3.18. The van der Waals surface area contributed by atoms with Crippen LogP contribution in [-0.4, -0.2) is 21.9 Å². The van der Waals surface area contributed by atoms with E-state index < -0.39 is 5.60 Å². The minimum atomic E-state index is -0.476. The molecular formula is C20H32O2. The molecule has 4 aliphatic carbocycles. The van der Waals surface area contributed by atoms with E-state index in [9.17, 15) is 10.2 Å². The summed E-state index contributed by atoms with van der Waals surface area (Å²) in [4.78, 5) is 0. The molecule has 0 unspecified atom stereocenters. The molecule has 0 aromatic rings. The van der Waals surface area contributed by atoms with E-state index >= 15 is 0 Å². The van der Waals surface area contributed by atoms with Crippen LogP contribution in [0.2, 0.25) is 0 Å². The van der Waals surface area contributed by atoms with Crippen LogP contribution in [0.3, 0.4) is 0 Å². The van der Waals surface area contributed by atoms with Crippen LogP contribution in [0.1, 0.15) is 72.1 Å². The summed E-state index contributed by atoms with van der Waals surface area (Å²) < 4.78 is 0. The Bertz CT molecular complexity index is 508. The van der Waals surface area contributed by atoms with E-state index in [-0.39, 0.29) is 11.5 Å². The number of aliphatic hydroxyl groups excluding tert-OH is 1. The molecule has 0 aromatic heterocycles. The summed E-state index contributed by atoms with van der Waals surface area (Å²) in [5.74, 6) is 2.20. The second-order valence-electron chi connectivity index (χ2n) is 9.42. The van der Waals surface area contributed by atoms with Crippen molar-refractivity contribution in [1.29, 1.82) is 0 Å². The van der Waals surface area contributed by atoms with Gasteiger partial charge in [0.15, 0.2) is 0 Å². The standard InChI is InChI=1S/C20H32O2/c1-18-9-6-14(21)12-13(18)4-5-15-16(18)7-10-19(2)17(15)8-11-20(19,3)22/h4,14-17,21-22H,5-12H2,1-3H3/t14-,15-,16-,17+,18-,19-,20-/m0/s1. The van der Waals surface area contributed by atoms with Gasteiger partial charge in [-0.1, -0.05) is 25.5 Å². The second-order valence-corrected chi connectivity index (χ2v) is 9.42.